The molecular weight excluding hydrogens is 180 g/mol. The van der Waals surface area contributed by atoms with Crippen molar-refractivity contribution in [3.05, 3.63) is 24.0 Å². The van der Waals surface area contributed by atoms with E-state index in [0.29, 0.717) is 5.82 Å². The molecular formula is C8H10N6. The average molecular weight is 190 g/mol. The normalized spacial score (nSPS) is 10.4. The molecule has 0 saturated carbocycles. The van der Waals surface area contributed by atoms with Crippen LogP contribution in [0.4, 0.5) is 5.95 Å². The number of rotatable bonds is 1. The van der Waals surface area contributed by atoms with Crippen molar-refractivity contribution in [2.24, 2.45) is 0 Å². The maximum absolute atomic E-state index is 5.61. The highest BCUT2D eigenvalue weighted by Crippen LogP contribution is 2.15. The molecule has 0 saturated heterocycles. The maximum atomic E-state index is 5.61. The van der Waals surface area contributed by atoms with Gasteiger partial charge in [0, 0.05) is 17.5 Å². The molecule has 2 rings (SSSR count). The van der Waals surface area contributed by atoms with Crippen LogP contribution in [-0.2, 0) is 0 Å². The highest BCUT2D eigenvalue weighted by Gasteiger charge is 2.08. The minimum atomic E-state index is 0.181. The third-order valence-corrected chi connectivity index (χ3v) is 1.89. The predicted molar refractivity (Wildman–Crippen MR) is 52.6 cm³/mol. The summed E-state index contributed by atoms with van der Waals surface area (Å²) in [5, 5.41) is 7.49. The van der Waals surface area contributed by atoms with Crippen LogP contribution in [0.3, 0.4) is 0 Å². The van der Waals surface area contributed by atoms with Gasteiger partial charge in [0.2, 0.25) is 5.95 Å². The molecule has 6 nitrogen and oxygen atoms in total. The summed E-state index contributed by atoms with van der Waals surface area (Å²) >= 11 is 0. The van der Waals surface area contributed by atoms with Gasteiger partial charge in [-0.15, -0.1) is 10.2 Å². The van der Waals surface area contributed by atoms with Crippen molar-refractivity contribution < 1.29 is 0 Å². The van der Waals surface area contributed by atoms with Gasteiger partial charge < -0.3 is 11.6 Å². The fourth-order valence-electron chi connectivity index (χ4n) is 1.10. The van der Waals surface area contributed by atoms with E-state index < -0.39 is 0 Å². The third kappa shape index (κ3) is 1.26. The molecule has 2 aromatic rings. The zero-order valence-electron chi connectivity index (χ0n) is 7.68. The van der Waals surface area contributed by atoms with Crippen LogP contribution >= 0.6 is 0 Å². The Morgan fingerprint density at radius 3 is 2.57 bits per heavy atom. The van der Waals surface area contributed by atoms with E-state index in [0.717, 1.165) is 11.3 Å². The molecule has 0 amide bonds. The summed E-state index contributed by atoms with van der Waals surface area (Å²) < 4.78 is 1.23. The zero-order valence-corrected chi connectivity index (χ0v) is 7.68. The molecule has 14 heavy (non-hydrogen) atoms. The van der Waals surface area contributed by atoms with Gasteiger partial charge in [-0.1, -0.05) is 0 Å². The van der Waals surface area contributed by atoms with Crippen molar-refractivity contribution in [3.8, 4) is 11.4 Å². The summed E-state index contributed by atoms with van der Waals surface area (Å²) in [5.74, 6) is 6.30. The molecule has 0 fully saturated rings. The molecule has 0 aromatic carbocycles. The first-order valence-electron chi connectivity index (χ1n) is 4.07. The van der Waals surface area contributed by atoms with Crippen molar-refractivity contribution >= 4 is 5.95 Å². The van der Waals surface area contributed by atoms with E-state index in [-0.39, 0.29) is 5.95 Å². The number of hydrogen-bond donors (Lipinski definition) is 2. The fraction of sp³-hybridized carbons (Fsp3) is 0.125. The lowest BCUT2D eigenvalue weighted by molar-refractivity contribution is 1.02. The Balaban J connectivity index is 2.49. The van der Waals surface area contributed by atoms with Crippen molar-refractivity contribution in [2.45, 2.75) is 6.92 Å². The second-order valence-electron chi connectivity index (χ2n) is 2.94. The second-order valence-corrected chi connectivity index (χ2v) is 2.94. The molecule has 4 N–H and O–H groups in total. The first-order chi connectivity index (χ1) is 6.68. The molecule has 2 heterocycles. The van der Waals surface area contributed by atoms with Gasteiger partial charge in [-0.3, -0.25) is 4.98 Å². The number of nitrogens with zero attached hydrogens (tertiary/aromatic N) is 4. The van der Waals surface area contributed by atoms with Crippen molar-refractivity contribution in [2.75, 3.05) is 11.6 Å². The molecule has 0 spiro atoms. The largest absolute Gasteiger partial charge is 0.366 e. The zero-order chi connectivity index (χ0) is 10.1. The van der Waals surface area contributed by atoms with Crippen LogP contribution in [0, 0.1) is 6.92 Å². The fourth-order valence-corrected chi connectivity index (χ4v) is 1.10. The highest BCUT2D eigenvalue weighted by molar-refractivity contribution is 5.55. The Morgan fingerprint density at radius 1 is 1.29 bits per heavy atom. The standard InChI is InChI=1S/C8H10N6/c1-5-2-3-6(4-11-5)7-12-13-8(9)14(7)10/h2-4H,10H2,1H3,(H2,9,13). The predicted octanol–water partition coefficient (Wildman–Crippen LogP) is -0.0555. The number of hydrogen-bond acceptors (Lipinski definition) is 5. The van der Waals surface area contributed by atoms with Gasteiger partial charge in [0.25, 0.3) is 0 Å². The molecule has 0 aliphatic heterocycles. The van der Waals surface area contributed by atoms with E-state index in [9.17, 15) is 0 Å². The lowest BCUT2D eigenvalue weighted by Crippen LogP contribution is -2.13. The van der Waals surface area contributed by atoms with E-state index in [1.807, 2.05) is 19.1 Å². The molecule has 2 aromatic heterocycles. The van der Waals surface area contributed by atoms with E-state index in [2.05, 4.69) is 15.2 Å². The topological polar surface area (TPSA) is 95.6 Å². The van der Waals surface area contributed by atoms with Crippen LogP contribution in [0.5, 0.6) is 0 Å². The summed E-state index contributed by atoms with van der Waals surface area (Å²) in [6.45, 7) is 1.91. The number of nitrogens with two attached hydrogens (primary N) is 2. The van der Waals surface area contributed by atoms with Gasteiger partial charge in [-0.25, -0.2) is 4.68 Å². The summed E-state index contributed by atoms with van der Waals surface area (Å²) in [6.07, 6.45) is 1.68. The summed E-state index contributed by atoms with van der Waals surface area (Å²) in [5.41, 5.74) is 7.18. The monoisotopic (exact) mass is 190 g/mol. The first-order valence-corrected chi connectivity index (χ1v) is 4.07. The summed E-state index contributed by atoms with van der Waals surface area (Å²) in [4.78, 5) is 4.13. The van der Waals surface area contributed by atoms with Gasteiger partial charge in [0.1, 0.15) is 0 Å². The van der Waals surface area contributed by atoms with E-state index in [1.165, 1.54) is 4.68 Å². The van der Waals surface area contributed by atoms with Gasteiger partial charge in [0.15, 0.2) is 5.82 Å². The van der Waals surface area contributed by atoms with Crippen LogP contribution in [0.2, 0.25) is 0 Å². The molecule has 72 valence electrons. The van der Waals surface area contributed by atoms with Crippen LogP contribution in [0.25, 0.3) is 11.4 Å². The van der Waals surface area contributed by atoms with E-state index in [4.69, 9.17) is 11.6 Å². The van der Waals surface area contributed by atoms with Crippen molar-refractivity contribution in [3.63, 3.8) is 0 Å². The maximum Gasteiger partial charge on any atom is 0.241 e. The number of aryl methyl sites for hydroxylation is 1. The molecule has 0 aliphatic carbocycles. The molecule has 0 unspecified atom stereocenters. The minimum Gasteiger partial charge on any atom is -0.366 e. The van der Waals surface area contributed by atoms with Gasteiger partial charge in [-0.05, 0) is 19.1 Å². The molecule has 0 atom stereocenters. The summed E-state index contributed by atoms with van der Waals surface area (Å²) in [7, 11) is 0. The average Bonchev–Trinajstić information content (AvgIpc) is 2.50. The van der Waals surface area contributed by atoms with Gasteiger partial charge in [0.05, 0.1) is 0 Å². The van der Waals surface area contributed by atoms with Crippen molar-refractivity contribution in [1.29, 1.82) is 0 Å². The quantitative estimate of drug-likeness (QED) is 0.614. The van der Waals surface area contributed by atoms with E-state index in [1.54, 1.807) is 6.20 Å². The van der Waals surface area contributed by atoms with Crippen molar-refractivity contribution in [1.82, 2.24) is 19.9 Å². The Bertz CT molecular complexity index is 443. The number of pyridine rings is 1. The third-order valence-electron chi connectivity index (χ3n) is 1.89. The minimum absolute atomic E-state index is 0.181. The van der Waals surface area contributed by atoms with E-state index >= 15 is 0 Å². The molecule has 6 heteroatoms. The number of anilines is 1. The Morgan fingerprint density at radius 2 is 2.07 bits per heavy atom. The van der Waals surface area contributed by atoms with Crippen LogP contribution in [0.1, 0.15) is 5.69 Å². The van der Waals surface area contributed by atoms with Gasteiger partial charge in [-0.2, -0.15) is 0 Å². The molecule has 0 aliphatic rings. The Kier molecular flexibility index (Phi) is 1.81. The smallest absolute Gasteiger partial charge is 0.241 e. The molecule has 0 bridgehead atoms. The Labute approximate surface area is 80.5 Å². The van der Waals surface area contributed by atoms with Crippen LogP contribution in [-0.4, -0.2) is 19.9 Å². The first kappa shape index (κ1) is 8.49. The highest BCUT2D eigenvalue weighted by atomic mass is 15.4. The lowest BCUT2D eigenvalue weighted by Gasteiger charge is -2.00. The van der Waals surface area contributed by atoms with Gasteiger partial charge >= 0.3 is 0 Å². The Hall–Kier alpha value is -2.11. The second kappa shape index (κ2) is 2.99. The lowest BCUT2D eigenvalue weighted by atomic mass is 10.2. The molecule has 0 radical (unpaired) electrons. The van der Waals surface area contributed by atoms with Crippen LogP contribution in [0.15, 0.2) is 18.3 Å². The number of nitrogen functional groups attached to an aromatic ring is 2. The number of aromatic nitrogens is 4. The van der Waals surface area contributed by atoms with Crippen LogP contribution < -0.4 is 11.6 Å². The summed E-state index contributed by atoms with van der Waals surface area (Å²) in [6, 6.07) is 3.75. The SMILES string of the molecule is Cc1ccc(-c2nnc(N)n2N)cn1.